The number of aliphatic hydroxyl groups excluding tert-OH is 2. The number of esters is 1. The third-order valence-electron chi connectivity index (χ3n) is 6.78. The van der Waals surface area contributed by atoms with Gasteiger partial charge < -0.3 is 25.0 Å². The van der Waals surface area contributed by atoms with Crippen molar-refractivity contribution in [1.82, 2.24) is 5.32 Å². The molecule has 4 rings (SSSR count). The minimum Gasteiger partial charge on any atom is -0.465 e. The summed E-state index contributed by atoms with van der Waals surface area (Å²) in [7, 11) is 1.14. The van der Waals surface area contributed by atoms with E-state index in [4.69, 9.17) is 4.74 Å². The molecule has 0 heterocycles. The second kappa shape index (κ2) is 11.4. The molecule has 0 spiro atoms. The topological polar surface area (TPSA) is 148 Å². The van der Waals surface area contributed by atoms with Gasteiger partial charge in [-0.1, -0.05) is 48.5 Å². The quantitative estimate of drug-likeness (QED) is 0.218. The number of nitro groups is 1. The van der Waals surface area contributed by atoms with Gasteiger partial charge in [0.1, 0.15) is 12.7 Å². The van der Waals surface area contributed by atoms with Gasteiger partial charge in [-0.2, -0.15) is 0 Å². The van der Waals surface area contributed by atoms with Gasteiger partial charge in [-0.25, -0.2) is 9.59 Å². The molecule has 3 aromatic carbocycles. The second-order valence-electron chi connectivity index (χ2n) is 9.01. The van der Waals surface area contributed by atoms with E-state index in [0.717, 1.165) is 41.5 Å². The van der Waals surface area contributed by atoms with Gasteiger partial charge in [0.05, 0.1) is 23.7 Å². The molecule has 0 saturated heterocycles. The number of non-ortho nitro benzene ring substituents is 1. The summed E-state index contributed by atoms with van der Waals surface area (Å²) in [4.78, 5) is 35.0. The molecule has 0 aromatic heterocycles. The van der Waals surface area contributed by atoms with Crippen LogP contribution < -0.4 is 5.32 Å². The van der Waals surface area contributed by atoms with Crippen molar-refractivity contribution in [3.63, 3.8) is 0 Å². The van der Waals surface area contributed by atoms with E-state index >= 15 is 0 Å². The van der Waals surface area contributed by atoms with Crippen molar-refractivity contribution in [2.45, 2.75) is 31.5 Å². The number of fused-ring (bicyclic) bond motifs is 3. The van der Waals surface area contributed by atoms with Crippen LogP contribution in [0.25, 0.3) is 11.1 Å². The maximum absolute atomic E-state index is 12.4. The third-order valence-corrected chi connectivity index (χ3v) is 6.78. The molecule has 0 fully saturated rings. The van der Waals surface area contributed by atoms with Crippen LogP contribution in [0.1, 0.15) is 51.1 Å². The Morgan fingerprint density at radius 1 is 1.05 bits per heavy atom. The number of methoxy groups -OCH3 is 1. The smallest absolute Gasteiger partial charge is 0.407 e. The van der Waals surface area contributed by atoms with Gasteiger partial charge in [-0.3, -0.25) is 10.1 Å². The first-order chi connectivity index (χ1) is 18.2. The maximum Gasteiger partial charge on any atom is 0.407 e. The Morgan fingerprint density at radius 3 is 2.24 bits per heavy atom. The minimum atomic E-state index is -1.54. The normalized spacial score (nSPS) is 13.7. The molecular formula is C28H28N2O8. The summed E-state index contributed by atoms with van der Waals surface area (Å²) in [6, 6.07) is 18.1. The lowest BCUT2D eigenvalue weighted by atomic mass is 9.93. The highest BCUT2D eigenvalue weighted by atomic mass is 16.6. The van der Waals surface area contributed by atoms with Gasteiger partial charge in [0, 0.05) is 24.6 Å². The maximum atomic E-state index is 12.4. The highest BCUT2D eigenvalue weighted by Crippen LogP contribution is 2.44. The molecule has 1 aliphatic carbocycles. The van der Waals surface area contributed by atoms with Crippen LogP contribution in [0.15, 0.2) is 60.7 Å². The molecule has 38 heavy (non-hydrogen) atoms. The number of nitrogens with one attached hydrogen (secondary N) is 1. The van der Waals surface area contributed by atoms with E-state index in [2.05, 4.69) is 10.1 Å². The van der Waals surface area contributed by atoms with Crippen molar-refractivity contribution in [2.75, 3.05) is 20.3 Å². The highest BCUT2D eigenvalue weighted by molar-refractivity contribution is 5.92. The van der Waals surface area contributed by atoms with Crippen molar-refractivity contribution >= 4 is 17.7 Å². The summed E-state index contributed by atoms with van der Waals surface area (Å²) in [6.07, 6.45) is -3.66. The molecule has 2 unspecified atom stereocenters. The number of aliphatic hydroxyl groups is 2. The molecular weight excluding hydrogens is 492 g/mol. The largest absolute Gasteiger partial charge is 0.465 e. The lowest BCUT2D eigenvalue weighted by molar-refractivity contribution is -0.385. The molecule has 1 amide bonds. The number of hydrogen-bond donors (Lipinski definition) is 3. The monoisotopic (exact) mass is 520 g/mol. The summed E-state index contributed by atoms with van der Waals surface area (Å²) in [6.45, 7) is 1.61. The lowest BCUT2D eigenvalue weighted by Crippen LogP contribution is -2.31. The van der Waals surface area contributed by atoms with Crippen LogP contribution >= 0.6 is 0 Å². The first-order valence-electron chi connectivity index (χ1n) is 12.0. The Morgan fingerprint density at radius 2 is 1.66 bits per heavy atom. The zero-order valence-electron chi connectivity index (χ0n) is 20.9. The van der Waals surface area contributed by atoms with E-state index in [-0.39, 0.29) is 42.2 Å². The Labute approximate surface area is 219 Å². The molecule has 10 nitrogen and oxygen atoms in total. The Balaban J connectivity index is 1.35. The SMILES string of the molecule is COC(=O)c1cc([N+](=O)[O-])cc(C(O)C(O)CCNC(=O)OCC2c3ccccc3-c3ccccc32)c1C. The van der Waals surface area contributed by atoms with Crippen LogP contribution in [0.2, 0.25) is 0 Å². The van der Waals surface area contributed by atoms with Crippen molar-refractivity contribution in [3.8, 4) is 11.1 Å². The summed E-state index contributed by atoms with van der Waals surface area (Å²) < 4.78 is 10.1. The fourth-order valence-corrected chi connectivity index (χ4v) is 4.79. The van der Waals surface area contributed by atoms with Gasteiger partial charge in [-0.05, 0) is 46.7 Å². The summed E-state index contributed by atoms with van der Waals surface area (Å²) in [5.41, 5.74) is 4.15. The molecule has 0 saturated carbocycles. The van der Waals surface area contributed by atoms with Crippen LogP contribution in [0, 0.1) is 17.0 Å². The van der Waals surface area contributed by atoms with E-state index in [9.17, 15) is 29.9 Å². The third kappa shape index (κ3) is 5.36. The molecule has 3 N–H and O–H groups in total. The molecule has 198 valence electrons. The minimum absolute atomic E-state index is 0.0211. The first kappa shape index (κ1) is 26.8. The number of rotatable bonds is 9. The molecule has 2 atom stereocenters. The zero-order valence-corrected chi connectivity index (χ0v) is 20.9. The van der Waals surface area contributed by atoms with Gasteiger partial charge in [0.15, 0.2) is 0 Å². The number of alkyl carbamates (subject to hydrolysis) is 1. The van der Waals surface area contributed by atoms with Crippen LogP contribution in [-0.2, 0) is 9.47 Å². The Kier molecular flexibility index (Phi) is 8.04. The number of ether oxygens (including phenoxy) is 2. The number of nitrogens with zero attached hydrogens (tertiary/aromatic N) is 1. The van der Waals surface area contributed by atoms with Crippen molar-refractivity contribution in [3.05, 3.63) is 98.6 Å². The molecule has 10 heteroatoms. The zero-order chi connectivity index (χ0) is 27.4. The average Bonchev–Trinajstić information content (AvgIpc) is 3.24. The predicted octanol–water partition coefficient (Wildman–Crippen LogP) is 4.01. The number of nitro benzene ring substituents is 1. The number of hydrogen-bond acceptors (Lipinski definition) is 8. The van der Waals surface area contributed by atoms with Crippen LogP contribution in [0.3, 0.4) is 0 Å². The fourth-order valence-electron chi connectivity index (χ4n) is 4.79. The summed E-state index contributed by atoms with van der Waals surface area (Å²) in [5.74, 6) is -0.896. The number of amides is 1. The van der Waals surface area contributed by atoms with E-state index < -0.39 is 34.9 Å². The Bertz CT molecular complexity index is 1330. The lowest BCUT2D eigenvalue weighted by Gasteiger charge is -2.21. The molecule has 0 bridgehead atoms. The van der Waals surface area contributed by atoms with Gasteiger partial charge in [0.25, 0.3) is 5.69 Å². The number of carbonyl (C=O) groups excluding carboxylic acids is 2. The van der Waals surface area contributed by atoms with E-state index in [1.54, 1.807) is 0 Å². The second-order valence-corrected chi connectivity index (χ2v) is 9.01. The van der Waals surface area contributed by atoms with Gasteiger partial charge in [0.2, 0.25) is 0 Å². The fraction of sp³-hybridized carbons (Fsp3) is 0.286. The van der Waals surface area contributed by atoms with Crippen molar-refractivity contribution in [1.29, 1.82) is 0 Å². The van der Waals surface area contributed by atoms with E-state index in [0.29, 0.717) is 0 Å². The number of benzene rings is 3. The molecule has 0 aliphatic heterocycles. The van der Waals surface area contributed by atoms with Crippen molar-refractivity contribution < 1.29 is 34.2 Å². The van der Waals surface area contributed by atoms with Crippen LogP contribution in [0.4, 0.5) is 10.5 Å². The highest BCUT2D eigenvalue weighted by Gasteiger charge is 2.29. The first-order valence-corrected chi connectivity index (χ1v) is 12.0. The van der Waals surface area contributed by atoms with Gasteiger partial charge in [-0.15, -0.1) is 0 Å². The van der Waals surface area contributed by atoms with Crippen molar-refractivity contribution in [2.24, 2.45) is 0 Å². The number of carbonyl (C=O) groups is 2. The molecule has 0 radical (unpaired) electrons. The molecule has 1 aliphatic rings. The van der Waals surface area contributed by atoms with E-state index in [1.165, 1.54) is 6.92 Å². The summed E-state index contributed by atoms with van der Waals surface area (Å²) >= 11 is 0. The van der Waals surface area contributed by atoms with Crippen LogP contribution in [0.5, 0.6) is 0 Å². The molecule has 3 aromatic rings. The van der Waals surface area contributed by atoms with Gasteiger partial charge >= 0.3 is 12.1 Å². The predicted molar refractivity (Wildman–Crippen MR) is 138 cm³/mol. The van der Waals surface area contributed by atoms with E-state index in [1.807, 2.05) is 48.5 Å². The van der Waals surface area contributed by atoms with Crippen LogP contribution in [-0.4, -0.2) is 53.6 Å². The standard InChI is InChI=1S/C28H28N2O8/c1-16-22(13-17(30(35)36)14-23(16)27(33)37-2)26(32)25(31)11-12-29-28(34)38-15-24-20-9-5-3-7-18(20)19-8-4-6-10-21(19)24/h3-10,13-14,24-26,31-32H,11-12,15H2,1-2H3,(H,29,34). The summed E-state index contributed by atoms with van der Waals surface area (Å²) in [5, 5.41) is 35.1. The Hall–Kier alpha value is -4.28. The average molecular weight is 521 g/mol.